The molecular weight excluding hydrogens is 447 g/mol. The quantitative estimate of drug-likeness (QED) is 0.262. The second-order valence-electron chi connectivity index (χ2n) is 8.72. The SMILES string of the molecule is CC1=[N+](CCCCCC(=O)O)c2cc(C)cc(C(F)(F)F)c2C1(C)CCCCS(=O)(=O)O. The van der Waals surface area contributed by atoms with E-state index in [1.165, 1.54) is 0 Å². The van der Waals surface area contributed by atoms with E-state index in [1.54, 1.807) is 26.8 Å². The Kier molecular flexibility index (Phi) is 8.15. The van der Waals surface area contributed by atoms with Gasteiger partial charge < -0.3 is 5.11 Å². The van der Waals surface area contributed by atoms with Gasteiger partial charge >= 0.3 is 12.1 Å². The Hall–Kier alpha value is -1.94. The van der Waals surface area contributed by atoms with Crippen LogP contribution in [0.3, 0.4) is 0 Å². The summed E-state index contributed by atoms with van der Waals surface area (Å²) in [6.07, 6.45) is -1.89. The van der Waals surface area contributed by atoms with Crippen LogP contribution in [0.5, 0.6) is 0 Å². The molecule has 2 N–H and O–H groups in total. The van der Waals surface area contributed by atoms with Crippen molar-refractivity contribution in [3.63, 3.8) is 0 Å². The van der Waals surface area contributed by atoms with Crippen molar-refractivity contribution in [3.05, 3.63) is 28.8 Å². The zero-order valence-electron chi connectivity index (χ0n) is 18.6. The number of alkyl halides is 3. The second-order valence-corrected chi connectivity index (χ2v) is 10.3. The first-order chi connectivity index (χ1) is 14.7. The molecule has 0 amide bonds. The summed E-state index contributed by atoms with van der Waals surface area (Å²) in [6.45, 7) is 5.65. The number of unbranched alkanes of at least 4 members (excludes halogenated alkanes) is 3. The van der Waals surface area contributed by atoms with Crippen LogP contribution in [0.4, 0.5) is 18.9 Å². The molecule has 0 spiro atoms. The zero-order valence-corrected chi connectivity index (χ0v) is 19.4. The summed E-state index contributed by atoms with van der Waals surface area (Å²) in [5, 5.41) is 8.78. The van der Waals surface area contributed by atoms with Gasteiger partial charge in [0.25, 0.3) is 10.1 Å². The van der Waals surface area contributed by atoms with Gasteiger partial charge in [0.15, 0.2) is 5.71 Å². The largest absolute Gasteiger partial charge is 0.481 e. The van der Waals surface area contributed by atoms with Crippen molar-refractivity contribution in [2.45, 2.75) is 77.3 Å². The number of aryl methyl sites for hydroxylation is 1. The molecule has 32 heavy (non-hydrogen) atoms. The lowest BCUT2D eigenvalue weighted by molar-refractivity contribution is -0.439. The molecule has 1 aliphatic heterocycles. The fraction of sp³-hybridized carbons (Fsp3) is 0.636. The molecule has 0 aromatic heterocycles. The molecule has 1 aliphatic rings. The average Bonchev–Trinajstić information content (AvgIpc) is 2.84. The fourth-order valence-electron chi connectivity index (χ4n) is 4.52. The summed E-state index contributed by atoms with van der Waals surface area (Å²) in [5.41, 5.74) is 0.339. The Morgan fingerprint density at radius 2 is 1.75 bits per heavy atom. The van der Waals surface area contributed by atoms with Gasteiger partial charge in [-0.15, -0.1) is 0 Å². The third-order valence-corrected chi connectivity index (χ3v) is 7.02. The van der Waals surface area contributed by atoms with Gasteiger partial charge in [0, 0.05) is 25.8 Å². The monoisotopic (exact) mass is 478 g/mol. The van der Waals surface area contributed by atoms with Crippen LogP contribution in [0.15, 0.2) is 12.1 Å². The molecule has 180 valence electrons. The van der Waals surface area contributed by atoms with Crippen LogP contribution in [-0.2, 0) is 26.5 Å². The van der Waals surface area contributed by atoms with Gasteiger partial charge in [0.05, 0.1) is 22.3 Å². The smallest absolute Gasteiger partial charge is 0.416 e. The van der Waals surface area contributed by atoms with Gasteiger partial charge in [-0.3, -0.25) is 9.35 Å². The van der Waals surface area contributed by atoms with E-state index in [2.05, 4.69) is 0 Å². The highest BCUT2D eigenvalue weighted by Gasteiger charge is 2.51. The maximum Gasteiger partial charge on any atom is 0.416 e. The minimum Gasteiger partial charge on any atom is -0.481 e. The molecule has 0 saturated carbocycles. The van der Waals surface area contributed by atoms with Crippen LogP contribution in [0.1, 0.15) is 75.5 Å². The summed E-state index contributed by atoms with van der Waals surface area (Å²) < 4.78 is 74.9. The van der Waals surface area contributed by atoms with Gasteiger partial charge in [-0.1, -0.05) is 6.42 Å². The topological polar surface area (TPSA) is 94.7 Å². The van der Waals surface area contributed by atoms with Crippen LogP contribution < -0.4 is 0 Å². The number of hydrogen-bond donors (Lipinski definition) is 2. The number of benzene rings is 1. The van der Waals surface area contributed by atoms with E-state index < -0.39 is 39.0 Å². The Bertz CT molecular complexity index is 1000. The van der Waals surface area contributed by atoms with E-state index in [0.717, 1.165) is 11.8 Å². The number of nitrogens with zero attached hydrogens (tertiary/aromatic N) is 1. The lowest BCUT2D eigenvalue weighted by Gasteiger charge is -2.25. The zero-order chi connectivity index (χ0) is 24.3. The standard InChI is InChI=1S/C22H30F3NO5S/c1-15-13-17(22(23,24)25)20-18(14-15)26(11-7-4-5-9-19(27)28)16(2)21(20,3)10-6-8-12-32(29,30)31/h13-14H,4-12H2,1-3H3,(H-,27,28,29,30,31)/p+1. The van der Waals surface area contributed by atoms with Crippen LogP contribution in [0.25, 0.3) is 0 Å². The molecule has 0 radical (unpaired) electrons. The lowest BCUT2D eigenvalue weighted by Crippen LogP contribution is -2.32. The van der Waals surface area contributed by atoms with Gasteiger partial charge in [0.2, 0.25) is 5.69 Å². The Labute approximate surface area is 186 Å². The number of carbonyl (C=O) groups is 1. The van der Waals surface area contributed by atoms with E-state index in [0.29, 0.717) is 49.9 Å². The number of carboxylic acids is 1. The Morgan fingerprint density at radius 1 is 1.09 bits per heavy atom. The number of carboxylic acid groups (broad SMARTS) is 1. The first-order valence-corrected chi connectivity index (χ1v) is 12.3. The summed E-state index contributed by atoms with van der Waals surface area (Å²) in [4.78, 5) is 10.7. The van der Waals surface area contributed by atoms with Gasteiger partial charge in [-0.25, -0.2) is 0 Å². The molecule has 0 fully saturated rings. The van der Waals surface area contributed by atoms with Crippen LogP contribution in [0, 0.1) is 6.92 Å². The molecule has 10 heteroatoms. The third kappa shape index (κ3) is 6.31. The maximum atomic E-state index is 14.0. The molecule has 1 aromatic carbocycles. The average molecular weight is 479 g/mol. The summed E-state index contributed by atoms with van der Waals surface area (Å²) in [5.74, 6) is -1.30. The number of fused-ring (bicyclic) bond motifs is 1. The molecule has 1 unspecified atom stereocenters. The number of aliphatic carboxylic acids is 1. The molecule has 0 aliphatic carbocycles. The van der Waals surface area contributed by atoms with Gasteiger partial charge in [-0.05, 0) is 51.2 Å². The highest BCUT2D eigenvalue weighted by molar-refractivity contribution is 7.85. The van der Waals surface area contributed by atoms with Crippen molar-refractivity contribution in [1.82, 2.24) is 0 Å². The Morgan fingerprint density at radius 3 is 2.31 bits per heavy atom. The highest BCUT2D eigenvalue weighted by Crippen LogP contribution is 2.49. The summed E-state index contributed by atoms with van der Waals surface area (Å²) in [6, 6.07) is 2.90. The molecule has 0 saturated heterocycles. The second kappa shape index (κ2) is 9.91. The fourth-order valence-corrected chi connectivity index (χ4v) is 5.09. The summed E-state index contributed by atoms with van der Waals surface area (Å²) in [7, 11) is -4.12. The van der Waals surface area contributed by atoms with E-state index in [-0.39, 0.29) is 18.4 Å². The van der Waals surface area contributed by atoms with Crippen molar-refractivity contribution < 1.29 is 40.6 Å². The first kappa shape index (κ1) is 26.3. The van der Waals surface area contributed by atoms with E-state index in [4.69, 9.17) is 9.66 Å². The summed E-state index contributed by atoms with van der Waals surface area (Å²) >= 11 is 0. The third-order valence-electron chi connectivity index (χ3n) is 6.21. The van der Waals surface area contributed by atoms with E-state index in [1.807, 2.05) is 4.58 Å². The molecule has 1 atom stereocenters. The maximum absolute atomic E-state index is 14.0. The predicted octanol–water partition coefficient (Wildman–Crippen LogP) is 5.09. The van der Waals surface area contributed by atoms with Crippen molar-refractivity contribution in [2.75, 3.05) is 12.3 Å². The molecular formula is C22H31F3NO5S+. The molecule has 6 nitrogen and oxygen atoms in total. The van der Waals surface area contributed by atoms with Crippen molar-refractivity contribution >= 4 is 27.5 Å². The lowest BCUT2D eigenvalue weighted by atomic mass is 9.73. The normalized spacial score (nSPS) is 18.8. The molecule has 2 rings (SSSR count). The van der Waals surface area contributed by atoms with Gasteiger partial charge in [-0.2, -0.15) is 26.2 Å². The van der Waals surface area contributed by atoms with Crippen LogP contribution >= 0.6 is 0 Å². The van der Waals surface area contributed by atoms with E-state index >= 15 is 0 Å². The van der Waals surface area contributed by atoms with Crippen LogP contribution in [-0.4, -0.2) is 46.6 Å². The number of hydrogen-bond acceptors (Lipinski definition) is 3. The van der Waals surface area contributed by atoms with Gasteiger partial charge in [0.1, 0.15) is 6.54 Å². The minimum absolute atomic E-state index is 0.0576. The number of halogens is 3. The molecule has 1 aromatic rings. The minimum atomic E-state index is -4.54. The highest BCUT2D eigenvalue weighted by atomic mass is 32.2. The van der Waals surface area contributed by atoms with Crippen molar-refractivity contribution in [2.24, 2.45) is 0 Å². The van der Waals surface area contributed by atoms with Crippen molar-refractivity contribution in [1.29, 1.82) is 0 Å². The predicted molar refractivity (Wildman–Crippen MR) is 115 cm³/mol. The number of rotatable bonds is 11. The first-order valence-electron chi connectivity index (χ1n) is 10.7. The van der Waals surface area contributed by atoms with E-state index in [9.17, 15) is 26.4 Å². The molecule has 0 bridgehead atoms. The van der Waals surface area contributed by atoms with Crippen molar-refractivity contribution in [3.8, 4) is 0 Å². The molecule has 1 heterocycles. The van der Waals surface area contributed by atoms with Crippen LogP contribution in [0.2, 0.25) is 0 Å². The Balaban J connectivity index is 2.39.